The second kappa shape index (κ2) is 5.97. The molecule has 3 nitrogen and oxygen atoms in total. The molecule has 2 aromatic heterocycles. The van der Waals surface area contributed by atoms with Gasteiger partial charge in [0.1, 0.15) is 0 Å². The number of halogens is 1. The van der Waals surface area contributed by atoms with Crippen LogP contribution in [0.3, 0.4) is 0 Å². The second-order valence-corrected chi connectivity index (χ2v) is 6.44. The molecule has 0 saturated heterocycles. The number of para-hydroxylation sites is 3. The number of nitrogens with zero attached hydrogens (tertiary/aromatic N) is 3. The van der Waals surface area contributed by atoms with Crippen LogP contribution in [0, 0.1) is 0 Å². The molecule has 0 radical (unpaired) electrons. The standard InChI is InChI=1S/C22H14ClN3/c23-22-24-14-13-18(25-22)17-9-3-6-12-21(17)26-19-10-4-1-7-15(19)16-8-2-5-11-20(16)26/h1-14H. The van der Waals surface area contributed by atoms with Gasteiger partial charge in [0.05, 0.1) is 22.4 Å². The molecule has 26 heavy (non-hydrogen) atoms. The van der Waals surface area contributed by atoms with Crippen molar-refractivity contribution in [2.75, 3.05) is 0 Å². The highest BCUT2D eigenvalue weighted by Crippen LogP contribution is 2.35. The lowest BCUT2D eigenvalue weighted by Gasteiger charge is -2.13. The van der Waals surface area contributed by atoms with Gasteiger partial charge in [0, 0.05) is 22.5 Å². The first kappa shape index (κ1) is 15.1. The summed E-state index contributed by atoms with van der Waals surface area (Å²) in [6.45, 7) is 0. The zero-order valence-corrected chi connectivity index (χ0v) is 14.6. The van der Waals surface area contributed by atoms with E-state index < -0.39 is 0 Å². The number of rotatable bonds is 2. The molecule has 0 unspecified atom stereocenters. The fraction of sp³-hybridized carbons (Fsp3) is 0. The Morgan fingerprint density at radius 1 is 0.692 bits per heavy atom. The molecule has 3 aromatic carbocycles. The van der Waals surface area contributed by atoms with Gasteiger partial charge in [-0.3, -0.25) is 0 Å². The van der Waals surface area contributed by atoms with E-state index in [0.717, 1.165) is 16.9 Å². The zero-order chi connectivity index (χ0) is 17.5. The molecule has 0 bridgehead atoms. The van der Waals surface area contributed by atoms with E-state index in [1.165, 1.54) is 21.8 Å². The van der Waals surface area contributed by atoms with Gasteiger partial charge in [-0.1, -0.05) is 54.6 Å². The molecule has 0 N–H and O–H groups in total. The van der Waals surface area contributed by atoms with E-state index in [4.69, 9.17) is 11.6 Å². The zero-order valence-electron chi connectivity index (χ0n) is 13.8. The molecule has 0 aliphatic heterocycles. The van der Waals surface area contributed by atoms with Crippen LogP contribution in [0.25, 0.3) is 38.8 Å². The largest absolute Gasteiger partial charge is 0.309 e. The summed E-state index contributed by atoms with van der Waals surface area (Å²) in [7, 11) is 0. The number of fused-ring (bicyclic) bond motifs is 3. The van der Waals surface area contributed by atoms with Crippen LogP contribution in [0.5, 0.6) is 0 Å². The highest BCUT2D eigenvalue weighted by molar-refractivity contribution is 6.28. The predicted octanol–water partition coefficient (Wildman–Crippen LogP) is 5.89. The van der Waals surface area contributed by atoms with Gasteiger partial charge in [0.25, 0.3) is 0 Å². The topological polar surface area (TPSA) is 30.7 Å². The van der Waals surface area contributed by atoms with Crippen LogP contribution in [0.1, 0.15) is 0 Å². The van der Waals surface area contributed by atoms with E-state index >= 15 is 0 Å². The highest BCUT2D eigenvalue weighted by Gasteiger charge is 2.15. The first-order valence-corrected chi connectivity index (χ1v) is 8.77. The van der Waals surface area contributed by atoms with Gasteiger partial charge >= 0.3 is 0 Å². The Morgan fingerprint density at radius 2 is 1.31 bits per heavy atom. The van der Waals surface area contributed by atoms with E-state index in [2.05, 4.69) is 75.2 Å². The molecule has 0 saturated carbocycles. The Labute approximate surface area is 155 Å². The Balaban J connectivity index is 1.90. The predicted molar refractivity (Wildman–Crippen MR) is 107 cm³/mol. The smallest absolute Gasteiger partial charge is 0.222 e. The molecular formula is C22H14ClN3. The van der Waals surface area contributed by atoms with Crippen molar-refractivity contribution >= 4 is 33.4 Å². The molecule has 0 aliphatic carbocycles. The first-order chi connectivity index (χ1) is 12.8. The molecule has 4 heteroatoms. The molecule has 5 aromatic rings. The summed E-state index contributed by atoms with van der Waals surface area (Å²) in [6.07, 6.45) is 1.69. The number of aromatic nitrogens is 3. The van der Waals surface area contributed by atoms with Crippen LogP contribution in [0.4, 0.5) is 0 Å². The van der Waals surface area contributed by atoms with Gasteiger partial charge in [-0.05, 0) is 35.9 Å². The minimum atomic E-state index is 0.250. The Hall–Kier alpha value is -3.17. The van der Waals surface area contributed by atoms with Gasteiger partial charge in [-0.25, -0.2) is 9.97 Å². The van der Waals surface area contributed by atoms with Crippen molar-refractivity contribution in [1.29, 1.82) is 0 Å². The molecule has 0 spiro atoms. The van der Waals surface area contributed by atoms with Crippen LogP contribution < -0.4 is 0 Å². The molecule has 0 amide bonds. The van der Waals surface area contributed by atoms with Crippen molar-refractivity contribution in [3.63, 3.8) is 0 Å². The highest BCUT2D eigenvalue weighted by atomic mass is 35.5. The van der Waals surface area contributed by atoms with Crippen molar-refractivity contribution in [2.24, 2.45) is 0 Å². The maximum atomic E-state index is 6.03. The van der Waals surface area contributed by atoms with Crippen LogP contribution in [-0.4, -0.2) is 14.5 Å². The van der Waals surface area contributed by atoms with Crippen molar-refractivity contribution in [3.8, 4) is 16.9 Å². The Bertz CT molecular complexity index is 1200. The molecule has 5 rings (SSSR count). The Kier molecular flexibility index (Phi) is 3.47. The number of hydrogen-bond acceptors (Lipinski definition) is 2. The van der Waals surface area contributed by atoms with Crippen molar-refractivity contribution < 1.29 is 0 Å². The summed E-state index contributed by atoms with van der Waals surface area (Å²) in [5.74, 6) is 0. The quantitative estimate of drug-likeness (QED) is 0.369. The SMILES string of the molecule is Clc1nccc(-c2ccccc2-n2c3ccccc3c3ccccc32)n1. The molecule has 0 aliphatic rings. The molecule has 0 fully saturated rings. The lowest BCUT2D eigenvalue weighted by atomic mass is 10.1. The summed E-state index contributed by atoms with van der Waals surface area (Å²) >= 11 is 6.03. The molecular weight excluding hydrogens is 342 g/mol. The van der Waals surface area contributed by atoms with E-state index in [9.17, 15) is 0 Å². The number of hydrogen-bond donors (Lipinski definition) is 0. The van der Waals surface area contributed by atoms with E-state index in [1.807, 2.05) is 18.2 Å². The Morgan fingerprint density at radius 3 is 2.00 bits per heavy atom. The van der Waals surface area contributed by atoms with E-state index in [0.29, 0.717) is 0 Å². The fourth-order valence-electron chi connectivity index (χ4n) is 3.55. The first-order valence-electron chi connectivity index (χ1n) is 8.39. The summed E-state index contributed by atoms with van der Waals surface area (Å²) < 4.78 is 2.29. The van der Waals surface area contributed by atoms with Crippen molar-refractivity contribution in [3.05, 3.63) is 90.3 Å². The molecule has 2 heterocycles. The van der Waals surface area contributed by atoms with E-state index in [1.54, 1.807) is 6.20 Å². The van der Waals surface area contributed by atoms with Gasteiger partial charge in [-0.15, -0.1) is 0 Å². The van der Waals surface area contributed by atoms with Crippen LogP contribution in [0.15, 0.2) is 85.1 Å². The summed E-state index contributed by atoms with van der Waals surface area (Å²) in [5.41, 5.74) is 5.23. The third-order valence-corrected chi connectivity index (χ3v) is 4.81. The minimum Gasteiger partial charge on any atom is -0.309 e. The normalized spacial score (nSPS) is 11.3. The van der Waals surface area contributed by atoms with Gasteiger partial charge in [0.15, 0.2) is 0 Å². The van der Waals surface area contributed by atoms with E-state index in [-0.39, 0.29) is 5.28 Å². The summed E-state index contributed by atoms with van der Waals surface area (Å²) in [5, 5.41) is 2.72. The average Bonchev–Trinajstić information content (AvgIpc) is 3.02. The van der Waals surface area contributed by atoms with Gasteiger partial charge in [-0.2, -0.15) is 0 Å². The third-order valence-electron chi connectivity index (χ3n) is 4.63. The minimum absolute atomic E-state index is 0.250. The van der Waals surface area contributed by atoms with Crippen LogP contribution >= 0.6 is 11.6 Å². The maximum Gasteiger partial charge on any atom is 0.222 e. The fourth-order valence-corrected chi connectivity index (χ4v) is 3.70. The summed E-state index contributed by atoms with van der Waals surface area (Å²) in [6, 6.07) is 27.1. The second-order valence-electron chi connectivity index (χ2n) is 6.10. The number of benzene rings is 3. The average molecular weight is 356 g/mol. The molecule has 0 atom stereocenters. The van der Waals surface area contributed by atoms with Gasteiger partial charge < -0.3 is 4.57 Å². The lowest BCUT2D eigenvalue weighted by molar-refractivity contribution is 1.14. The maximum absolute atomic E-state index is 6.03. The van der Waals surface area contributed by atoms with Crippen LogP contribution in [-0.2, 0) is 0 Å². The third kappa shape index (κ3) is 2.29. The van der Waals surface area contributed by atoms with Crippen molar-refractivity contribution in [2.45, 2.75) is 0 Å². The van der Waals surface area contributed by atoms with Crippen LogP contribution in [0.2, 0.25) is 5.28 Å². The van der Waals surface area contributed by atoms with Crippen molar-refractivity contribution in [1.82, 2.24) is 14.5 Å². The monoisotopic (exact) mass is 355 g/mol. The lowest BCUT2D eigenvalue weighted by Crippen LogP contribution is -1.98. The van der Waals surface area contributed by atoms with Gasteiger partial charge in [0.2, 0.25) is 5.28 Å². The molecule has 124 valence electrons. The summed E-state index contributed by atoms with van der Waals surface area (Å²) in [4.78, 5) is 8.42.